The number of carboxylic acids is 1. The molecule has 90 valence electrons. The van der Waals surface area contributed by atoms with Crippen molar-refractivity contribution in [2.75, 3.05) is 0 Å². The quantitative estimate of drug-likeness (QED) is 0.941. The molecule has 0 saturated carbocycles. The van der Waals surface area contributed by atoms with Gasteiger partial charge in [-0.15, -0.1) is 22.7 Å². The highest BCUT2D eigenvalue weighted by atomic mass is 35.5. The van der Waals surface area contributed by atoms with Crippen LogP contribution in [0.25, 0.3) is 9.40 Å². The molecule has 0 radical (unpaired) electrons. The third kappa shape index (κ3) is 3.28. The first-order chi connectivity index (χ1) is 8.04. The van der Waals surface area contributed by atoms with Crippen molar-refractivity contribution in [2.24, 2.45) is 4.99 Å². The molecule has 0 fully saturated rings. The number of hydrogen-bond acceptors (Lipinski definition) is 4. The lowest BCUT2D eigenvalue weighted by Gasteiger charge is -1.98. The summed E-state index contributed by atoms with van der Waals surface area (Å²) in [6.07, 6.45) is 0.0573. The van der Waals surface area contributed by atoms with Crippen LogP contribution in [0.2, 0.25) is 5.02 Å². The number of carboxylic acid groups (broad SMARTS) is 1. The van der Waals surface area contributed by atoms with Crippen LogP contribution in [0.5, 0.6) is 0 Å². The fraction of sp³-hybridized carbons (Fsp3) is 0.273. The van der Waals surface area contributed by atoms with Crippen molar-refractivity contribution in [3.8, 4) is 0 Å². The second kappa shape index (κ2) is 5.16. The van der Waals surface area contributed by atoms with E-state index in [-0.39, 0.29) is 12.5 Å². The number of halogens is 1. The van der Waals surface area contributed by atoms with Crippen molar-refractivity contribution >= 4 is 49.6 Å². The lowest BCUT2D eigenvalue weighted by Crippen LogP contribution is -2.09. The van der Waals surface area contributed by atoms with Crippen molar-refractivity contribution < 1.29 is 9.90 Å². The van der Waals surface area contributed by atoms with Crippen molar-refractivity contribution in [1.82, 2.24) is 0 Å². The third-order valence-electron chi connectivity index (χ3n) is 2.10. The Bertz CT molecular complexity index is 617. The van der Waals surface area contributed by atoms with Gasteiger partial charge in [-0.1, -0.05) is 11.6 Å². The maximum atomic E-state index is 10.5. The molecule has 1 N–H and O–H groups in total. The fourth-order valence-electron chi connectivity index (χ4n) is 1.39. The van der Waals surface area contributed by atoms with Gasteiger partial charge in [0.15, 0.2) is 3.98 Å². The van der Waals surface area contributed by atoms with Crippen LogP contribution in [0.3, 0.4) is 0 Å². The van der Waals surface area contributed by atoms with E-state index in [0.717, 1.165) is 13.4 Å². The van der Waals surface area contributed by atoms with Crippen LogP contribution in [0.15, 0.2) is 23.2 Å². The van der Waals surface area contributed by atoms with Crippen LogP contribution in [0, 0.1) is 0 Å². The molecule has 0 aliphatic carbocycles. The Hall–Kier alpha value is -0.910. The van der Waals surface area contributed by atoms with Gasteiger partial charge in [0.05, 0.1) is 12.5 Å². The van der Waals surface area contributed by atoms with Gasteiger partial charge >= 0.3 is 5.97 Å². The first-order valence-corrected chi connectivity index (χ1v) is 7.00. The maximum Gasteiger partial charge on any atom is 0.305 e. The van der Waals surface area contributed by atoms with Gasteiger partial charge in [0.1, 0.15) is 0 Å². The monoisotopic (exact) mass is 287 g/mol. The SMILES string of the molecule is CC(CC(=O)O)N=c1sc2ccc(Cl)cc2s1. The minimum Gasteiger partial charge on any atom is -0.481 e. The lowest BCUT2D eigenvalue weighted by molar-refractivity contribution is -0.137. The molecule has 2 aromatic rings. The van der Waals surface area contributed by atoms with Crippen molar-refractivity contribution in [3.05, 3.63) is 27.2 Å². The second-order valence-corrected chi connectivity index (χ2v) is 6.39. The summed E-state index contributed by atoms with van der Waals surface area (Å²) in [5, 5.41) is 9.37. The zero-order chi connectivity index (χ0) is 12.4. The van der Waals surface area contributed by atoms with Gasteiger partial charge in [-0.25, -0.2) is 0 Å². The molecular weight excluding hydrogens is 278 g/mol. The largest absolute Gasteiger partial charge is 0.481 e. The van der Waals surface area contributed by atoms with Gasteiger partial charge in [0.25, 0.3) is 0 Å². The number of nitrogens with zero attached hydrogens (tertiary/aromatic N) is 1. The summed E-state index contributed by atoms with van der Waals surface area (Å²) in [5.41, 5.74) is 0. The number of hydrogen-bond donors (Lipinski definition) is 1. The van der Waals surface area contributed by atoms with Gasteiger partial charge < -0.3 is 5.11 Å². The normalized spacial score (nSPS) is 14.1. The molecule has 6 heteroatoms. The molecule has 1 heterocycles. The molecule has 0 aliphatic rings. The summed E-state index contributed by atoms with van der Waals surface area (Å²) < 4.78 is 3.10. The Kier molecular flexibility index (Phi) is 3.81. The summed E-state index contributed by atoms with van der Waals surface area (Å²) in [4.78, 5) is 14.9. The van der Waals surface area contributed by atoms with Crippen LogP contribution in [-0.4, -0.2) is 17.1 Å². The molecule has 0 aliphatic heterocycles. The van der Waals surface area contributed by atoms with Crippen LogP contribution in [0.4, 0.5) is 0 Å². The number of aliphatic carboxylic acids is 1. The Labute approximate surface area is 111 Å². The maximum absolute atomic E-state index is 10.5. The molecule has 0 spiro atoms. The predicted molar refractivity (Wildman–Crippen MR) is 72.0 cm³/mol. The molecule has 1 atom stereocenters. The van der Waals surface area contributed by atoms with Crippen LogP contribution >= 0.6 is 34.3 Å². The van der Waals surface area contributed by atoms with Crippen LogP contribution < -0.4 is 3.98 Å². The van der Waals surface area contributed by atoms with E-state index in [1.54, 1.807) is 29.6 Å². The Morgan fingerprint density at radius 2 is 2.18 bits per heavy atom. The van der Waals surface area contributed by atoms with E-state index in [1.165, 1.54) is 0 Å². The molecule has 0 bridgehead atoms. The highest BCUT2D eigenvalue weighted by Crippen LogP contribution is 2.24. The molecule has 1 aromatic heterocycles. The molecule has 2 rings (SSSR count). The Balaban J connectivity index is 2.36. The molecule has 17 heavy (non-hydrogen) atoms. The molecule has 1 aromatic carbocycles. The summed E-state index contributed by atoms with van der Waals surface area (Å²) in [6.45, 7) is 1.80. The van der Waals surface area contributed by atoms with Gasteiger partial charge in [0, 0.05) is 14.4 Å². The van der Waals surface area contributed by atoms with E-state index in [1.807, 2.05) is 18.2 Å². The topological polar surface area (TPSA) is 49.7 Å². The van der Waals surface area contributed by atoms with E-state index >= 15 is 0 Å². The van der Waals surface area contributed by atoms with E-state index in [4.69, 9.17) is 16.7 Å². The molecular formula is C11H10ClNO2S2. The first-order valence-electron chi connectivity index (χ1n) is 4.99. The summed E-state index contributed by atoms with van der Waals surface area (Å²) in [5.74, 6) is -0.824. The molecule has 0 amide bonds. The zero-order valence-corrected chi connectivity index (χ0v) is 11.4. The van der Waals surface area contributed by atoms with Crippen molar-refractivity contribution in [3.63, 3.8) is 0 Å². The average molecular weight is 288 g/mol. The minimum atomic E-state index is -0.824. The fourth-order valence-corrected chi connectivity index (χ4v) is 4.07. The van der Waals surface area contributed by atoms with E-state index in [0.29, 0.717) is 5.02 Å². The van der Waals surface area contributed by atoms with Crippen molar-refractivity contribution in [2.45, 2.75) is 19.4 Å². The highest BCUT2D eigenvalue weighted by Gasteiger charge is 2.06. The third-order valence-corrected chi connectivity index (χ3v) is 4.65. The standard InChI is InChI=1S/C11H10ClNO2S2/c1-6(4-10(14)15)13-11-16-8-3-2-7(12)5-9(8)17-11/h2-3,5-6H,4H2,1H3,(H,14,15). The van der Waals surface area contributed by atoms with Crippen LogP contribution in [-0.2, 0) is 4.79 Å². The van der Waals surface area contributed by atoms with Gasteiger partial charge in [-0.05, 0) is 25.1 Å². The summed E-state index contributed by atoms with van der Waals surface area (Å²) in [6, 6.07) is 5.50. The average Bonchev–Trinajstić information content (AvgIpc) is 2.57. The zero-order valence-electron chi connectivity index (χ0n) is 9.01. The van der Waals surface area contributed by atoms with Gasteiger partial charge in [0.2, 0.25) is 0 Å². The molecule has 0 saturated heterocycles. The number of benzene rings is 1. The van der Waals surface area contributed by atoms with Gasteiger partial charge in [-0.3, -0.25) is 9.79 Å². The number of fused-ring (bicyclic) bond motifs is 1. The van der Waals surface area contributed by atoms with E-state index in [2.05, 4.69) is 4.99 Å². The van der Waals surface area contributed by atoms with Gasteiger partial charge in [-0.2, -0.15) is 0 Å². The molecule has 1 unspecified atom stereocenters. The second-order valence-electron chi connectivity index (χ2n) is 3.64. The first kappa shape index (κ1) is 12.5. The summed E-state index contributed by atoms with van der Waals surface area (Å²) in [7, 11) is 0. The van der Waals surface area contributed by atoms with E-state index in [9.17, 15) is 4.79 Å². The van der Waals surface area contributed by atoms with Crippen LogP contribution in [0.1, 0.15) is 13.3 Å². The molecule has 3 nitrogen and oxygen atoms in total. The minimum absolute atomic E-state index is 0.0573. The smallest absolute Gasteiger partial charge is 0.305 e. The summed E-state index contributed by atoms with van der Waals surface area (Å²) >= 11 is 9.01. The van der Waals surface area contributed by atoms with Crippen molar-refractivity contribution in [1.29, 1.82) is 0 Å². The number of carbonyl (C=O) groups is 1. The highest BCUT2D eigenvalue weighted by molar-refractivity contribution is 7.35. The lowest BCUT2D eigenvalue weighted by atomic mass is 10.2. The Morgan fingerprint density at radius 1 is 1.47 bits per heavy atom. The van der Waals surface area contributed by atoms with E-state index < -0.39 is 5.97 Å². The number of rotatable bonds is 3. The predicted octanol–water partition coefficient (Wildman–Crippen LogP) is 3.38. The Morgan fingerprint density at radius 3 is 2.88 bits per heavy atom.